The number of benzene rings is 10. The molecule has 0 amide bonds. The molecule has 6 nitrogen and oxygen atoms in total. The highest BCUT2D eigenvalue weighted by Crippen LogP contribution is 2.47. The van der Waals surface area contributed by atoms with E-state index in [0.717, 1.165) is 71.7 Å². The Morgan fingerprint density at radius 2 is 1.02 bits per heavy atom. The second-order valence-electron chi connectivity index (χ2n) is 22.8. The largest absolute Gasteiger partial charge is 0.458 e. The molecule has 384 valence electrons. The van der Waals surface area contributed by atoms with Gasteiger partial charge in [0, 0.05) is 33.8 Å². The predicted octanol–water partition coefficient (Wildman–Crippen LogP) is 18.7. The molecule has 0 aliphatic carbocycles. The fourth-order valence-electron chi connectivity index (χ4n) is 11.9. The standard InChI is InChI=1S/C74H57N5O/c1-73(2,3)49-35-33-47(34-36-49)48-41-63-57-24-10-8-22-55(57)54-21-7-9-23-56(54)62-28-18-32-67(78-64-29-14-11-25-58(64)59-26-12-15-30-65(59)78)71(62)77-46-76(69(42-48)72(63)77)51-19-17-20-52(44-51)80-53-37-38-61-60-27-13-16-31-66(60)79(68(61)45-53)70-43-50(39-40-75-70)74(4,5)6/h7-45H,1-6H3/i7D,8D,9D,10D,21D,22D,23D,24D. The summed E-state index contributed by atoms with van der Waals surface area (Å²) in [6.45, 7) is 13.1. The zero-order valence-corrected chi connectivity index (χ0v) is 45.0. The van der Waals surface area contributed by atoms with Crippen LogP contribution in [0.5, 0.6) is 11.5 Å². The average Bonchev–Trinajstić information content (AvgIpc) is 1.49. The lowest BCUT2D eigenvalue weighted by Crippen LogP contribution is -2.32. The SMILES string of the molecule is [2H]c1c([2H])c([2H])c2c(c1[2H])-c1cccc(-n3c4ccccc4c4ccccc43)c1-[n+]1[c-]n(-c3cccc(Oc4ccc5c6ccccc6n(-c6cc(C(C)(C)C)ccn6)c5c4)c3)c3cc(-c4ccc(C(C)(C)C)cc4)cc(c31)-c1c([2H])c([2H])c([2H])c([2H])c1-2. The van der Waals surface area contributed by atoms with E-state index in [2.05, 4.69) is 154 Å². The van der Waals surface area contributed by atoms with Crippen molar-refractivity contribution >= 4 is 54.6 Å². The number of rotatable bonds is 6. The average molecular weight is 1040 g/mol. The lowest BCUT2D eigenvalue weighted by Gasteiger charge is -2.20. The van der Waals surface area contributed by atoms with Crippen LogP contribution in [0.2, 0.25) is 0 Å². The van der Waals surface area contributed by atoms with Gasteiger partial charge in [0.2, 0.25) is 0 Å². The summed E-state index contributed by atoms with van der Waals surface area (Å²) in [5.41, 5.74) is 11.1. The van der Waals surface area contributed by atoms with Crippen molar-refractivity contribution in [3.05, 3.63) is 254 Å². The molecule has 0 saturated carbocycles. The highest BCUT2D eigenvalue weighted by atomic mass is 16.5. The third kappa shape index (κ3) is 7.54. The Kier molecular flexibility index (Phi) is 8.84. The van der Waals surface area contributed by atoms with E-state index >= 15 is 0 Å². The summed E-state index contributed by atoms with van der Waals surface area (Å²) in [7, 11) is 0. The van der Waals surface area contributed by atoms with E-state index < -0.39 is 36.3 Å². The van der Waals surface area contributed by atoms with E-state index in [9.17, 15) is 11.0 Å². The van der Waals surface area contributed by atoms with Gasteiger partial charge in [0.05, 0.1) is 61.1 Å². The monoisotopic (exact) mass is 1040 g/mol. The fraction of sp³-hybridized carbons (Fsp3) is 0.108. The minimum absolute atomic E-state index is 0.0431. The Morgan fingerprint density at radius 3 is 1.68 bits per heavy atom. The van der Waals surface area contributed by atoms with Crippen molar-refractivity contribution in [3.63, 3.8) is 0 Å². The maximum atomic E-state index is 10.0. The van der Waals surface area contributed by atoms with Gasteiger partial charge in [-0.3, -0.25) is 13.7 Å². The molecule has 80 heavy (non-hydrogen) atoms. The van der Waals surface area contributed by atoms with Crippen molar-refractivity contribution < 1.29 is 20.3 Å². The normalized spacial score (nSPS) is 13.8. The zero-order valence-electron chi connectivity index (χ0n) is 53.0. The van der Waals surface area contributed by atoms with Crippen LogP contribution in [0.15, 0.2) is 237 Å². The van der Waals surface area contributed by atoms with Gasteiger partial charge in [0.15, 0.2) is 0 Å². The molecule has 0 spiro atoms. The fourth-order valence-corrected chi connectivity index (χ4v) is 11.9. The third-order valence-electron chi connectivity index (χ3n) is 15.9. The molecule has 0 atom stereocenters. The molecule has 0 bridgehead atoms. The van der Waals surface area contributed by atoms with Crippen molar-refractivity contribution in [2.45, 2.75) is 52.4 Å². The van der Waals surface area contributed by atoms with E-state index in [4.69, 9.17) is 9.72 Å². The van der Waals surface area contributed by atoms with Crippen molar-refractivity contribution in [3.8, 4) is 78.9 Å². The first-order chi connectivity index (χ1) is 42.3. The van der Waals surface area contributed by atoms with E-state index in [0.29, 0.717) is 50.7 Å². The maximum absolute atomic E-state index is 10.0. The number of hydrogen-bond acceptors (Lipinski definition) is 2. The summed E-state index contributed by atoms with van der Waals surface area (Å²) in [4.78, 5) is 4.91. The molecule has 6 heteroatoms. The molecule has 4 aromatic heterocycles. The third-order valence-corrected chi connectivity index (χ3v) is 15.9. The summed E-state index contributed by atoms with van der Waals surface area (Å²) in [6, 6.07) is 57.2. The predicted molar refractivity (Wildman–Crippen MR) is 329 cm³/mol. The summed E-state index contributed by atoms with van der Waals surface area (Å²) in [5, 5.41) is 4.14. The van der Waals surface area contributed by atoms with E-state index in [1.807, 2.05) is 100 Å². The Morgan fingerprint density at radius 1 is 0.450 bits per heavy atom. The topological polar surface area (TPSA) is 40.8 Å². The Bertz CT molecular complexity index is 5260. The minimum Gasteiger partial charge on any atom is -0.458 e. The molecular formula is C74H57N5O. The summed E-state index contributed by atoms with van der Waals surface area (Å²) < 4.78 is 92.1. The van der Waals surface area contributed by atoms with Crippen molar-refractivity contribution in [2.24, 2.45) is 0 Å². The second-order valence-corrected chi connectivity index (χ2v) is 22.8. The van der Waals surface area contributed by atoms with Crippen LogP contribution in [0.1, 0.15) is 63.6 Å². The number of hydrogen-bond donors (Lipinski definition) is 0. The molecule has 14 aromatic rings. The molecule has 0 unspecified atom stereocenters. The van der Waals surface area contributed by atoms with Gasteiger partial charge in [0.25, 0.3) is 6.33 Å². The lowest BCUT2D eigenvalue weighted by molar-refractivity contribution is -0.571. The number of imidazole rings is 1. The van der Waals surface area contributed by atoms with Crippen LogP contribution in [0.4, 0.5) is 0 Å². The van der Waals surface area contributed by atoms with Crippen LogP contribution in [-0.2, 0) is 10.8 Å². The summed E-state index contributed by atoms with van der Waals surface area (Å²) in [6.07, 6.45) is 5.70. The number of nitrogens with zero attached hydrogens (tertiary/aromatic N) is 5. The van der Waals surface area contributed by atoms with Gasteiger partial charge in [-0.05, 0) is 139 Å². The summed E-state index contributed by atoms with van der Waals surface area (Å²) >= 11 is 0. The molecule has 0 saturated heterocycles. The highest BCUT2D eigenvalue weighted by Gasteiger charge is 2.29. The summed E-state index contributed by atoms with van der Waals surface area (Å²) in [5.74, 6) is 1.93. The van der Waals surface area contributed by atoms with Gasteiger partial charge in [-0.15, -0.1) is 0 Å². The molecular weight excluding hydrogens is 975 g/mol. The van der Waals surface area contributed by atoms with E-state index in [1.165, 1.54) is 0 Å². The van der Waals surface area contributed by atoms with Crippen LogP contribution in [0.3, 0.4) is 0 Å². The maximum Gasteiger partial charge on any atom is 0.269 e. The first kappa shape index (κ1) is 39.6. The van der Waals surface area contributed by atoms with Crippen LogP contribution in [0, 0.1) is 6.33 Å². The second kappa shape index (κ2) is 17.9. The number of aromatic nitrogens is 5. The molecule has 1 aliphatic heterocycles. The van der Waals surface area contributed by atoms with Crippen molar-refractivity contribution in [1.82, 2.24) is 18.7 Å². The van der Waals surface area contributed by atoms with E-state index in [-0.39, 0.29) is 45.2 Å². The van der Waals surface area contributed by atoms with Gasteiger partial charge < -0.3 is 9.30 Å². The van der Waals surface area contributed by atoms with Gasteiger partial charge in [0.1, 0.15) is 17.3 Å². The molecule has 0 radical (unpaired) electrons. The van der Waals surface area contributed by atoms with Gasteiger partial charge in [-0.1, -0.05) is 193 Å². The van der Waals surface area contributed by atoms with Gasteiger partial charge in [-0.25, -0.2) is 4.98 Å². The van der Waals surface area contributed by atoms with E-state index in [1.54, 1.807) is 0 Å². The van der Waals surface area contributed by atoms with Crippen molar-refractivity contribution in [2.75, 3.05) is 0 Å². The van der Waals surface area contributed by atoms with Crippen LogP contribution < -0.4 is 9.30 Å². The highest BCUT2D eigenvalue weighted by molar-refractivity contribution is 6.11. The first-order valence-electron chi connectivity index (χ1n) is 31.0. The zero-order chi connectivity index (χ0) is 61.0. The Hall–Kier alpha value is -9.78. The lowest BCUT2D eigenvalue weighted by atomic mass is 9.85. The molecule has 15 rings (SSSR count). The van der Waals surface area contributed by atoms with Gasteiger partial charge >= 0.3 is 0 Å². The van der Waals surface area contributed by atoms with Crippen LogP contribution in [0.25, 0.3) is 122 Å². The molecule has 0 fully saturated rings. The number of pyridine rings is 1. The Balaban J connectivity index is 1.04. The Labute approximate surface area is 476 Å². The van der Waals surface area contributed by atoms with Crippen LogP contribution >= 0.6 is 0 Å². The first-order valence-corrected chi connectivity index (χ1v) is 27.0. The molecule has 1 aliphatic rings. The smallest absolute Gasteiger partial charge is 0.269 e. The molecule has 5 heterocycles. The quantitative estimate of drug-likeness (QED) is 0.123. The van der Waals surface area contributed by atoms with Crippen LogP contribution in [-0.4, -0.2) is 18.7 Å². The van der Waals surface area contributed by atoms with Gasteiger partial charge in [-0.2, -0.15) is 0 Å². The number of ether oxygens (including phenoxy) is 1. The number of fused-ring (bicyclic) bond motifs is 13. The minimum atomic E-state index is -0.536. The van der Waals surface area contributed by atoms with Crippen molar-refractivity contribution in [1.29, 1.82) is 0 Å². The molecule has 10 aromatic carbocycles. The number of para-hydroxylation sites is 4. The molecule has 0 N–H and O–H groups in total.